The summed E-state index contributed by atoms with van der Waals surface area (Å²) in [5.74, 6) is 1.61. The molecule has 0 amide bonds. The fraction of sp³-hybridized carbons (Fsp3) is 0.400. The first-order valence-electron chi connectivity index (χ1n) is 4.35. The molecule has 1 aromatic rings. The minimum absolute atomic E-state index is 0.618. The van der Waals surface area contributed by atoms with E-state index in [4.69, 9.17) is 4.74 Å². The second-order valence-corrected chi connectivity index (χ2v) is 4.16. The van der Waals surface area contributed by atoms with Crippen LogP contribution in [0, 0.1) is 0 Å². The molecule has 0 unspecified atom stereocenters. The third-order valence-electron chi connectivity index (χ3n) is 2.41. The predicted molar refractivity (Wildman–Crippen MR) is 56.3 cm³/mol. The van der Waals surface area contributed by atoms with E-state index in [-0.39, 0.29) is 0 Å². The maximum Gasteiger partial charge on any atom is 0.122 e. The molecule has 0 aliphatic carbocycles. The van der Waals surface area contributed by atoms with Crippen LogP contribution in [0.5, 0.6) is 5.75 Å². The van der Waals surface area contributed by atoms with Crippen LogP contribution in [0.25, 0.3) is 0 Å². The van der Waals surface area contributed by atoms with Crippen LogP contribution in [0.2, 0.25) is 0 Å². The maximum atomic E-state index is 5.31. The molecule has 2 rings (SSSR count). The quantitative estimate of drug-likeness (QED) is 0.857. The molecule has 0 bridgehead atoms. The molecule has 3 heteroatoms. The van der Waals surface area contributed by atoms with Crippen molar-refractivity contribution in [2.75, 3.05) is 20.2 Å². The van der Waals surface area contributed by atoms with Gasteiger partial charge >= 0.3 is 0 Å². The average Bonchev–Trinajstić information content (AvgIpc) is 2.02. The van der Waals surface area contributed by atoms with Crippen LogP contribution in [0.15, 0.2) is 22.7 Å². The molecule has 1 aromatic carbocycles. The summed E-state index contributed by atoms with van der Waals surface area (Å²) in [5.41, 5.74) is 1.30. The van der Waals surface area contributed by atoms with Crippen LogP contribution in [0.4, 0.5) is 0 Å². The fourth-order valence-corrected chi connectivity index (χ4v) is 1.91. The number of benzene rings is 1. The van der Waals surface area contributed by atoms with E-state index in [0.717, 1.165) is 23.3 Å². The van der Waals surface area contributed by atoms with Crippen LogP contribution in [0.1, 0.15) is 11.5 Å². The second kappa shape index (κ2) is 3.68. The molecule has 2 nitrogen and oxygen atoms in total. The second-order valence-electron chi connectivity index (χ2n) is 3.24. The largest absolute Gasteiger partial charge is 0.496 e. The van der Waals surface area contributed by atoms with Gasteiger partial charge in [-0.25, -0.2) is 0 Å². The van der Waals surface area contributed by atoms with Gasteiger partial charge in [-0.05, 0) is 18.2 Å². The molecule has 0 aromatic heterocycles. The average molecular weight is 242 g/mol. The van der Waals surface area contributed by atoms with Gasteiger partial charge in [-0.3, -0.25) is 0 Å². The summed E-state index contributed by atoms with van der Waals surface area (Å²) in [7, 11) is 1.72. The zero-order valence-corrected chi connectivity index (χ0v) is 9.10. The first-order valence-corrected chi connectivity index (χ1v) is 5.14. The van der Waals surface area contributed by atoms with Gasteiger partial charge in [0.2, 0.25) is 0 Å². The summed E-state index contributed by atoms with van der Waals surface area (Å²) in [6.07, 6.45) is 0. The molecule has 0 atom stereocenters. The molecular weight excluding hydrogens is 230 g/mol. The molecule has 0 spiro atoms. The smallest absolute Gasteiger partial charge is 0.122 e. The van der Waals surface area contributed by atoms with Crippen LogP contribution < -0.4 is 10.1 Å². The Kier molecular flexibility index (Phi) is 2.56. The topological polar surface area (TPSA) is 21.3 Å². The van der Waals surface area contributed by atoms with E-state index in [2.05, 4.69) is 27.3 Å². The maximum absolute atomic E-state index is 5.31. The first kappa shape index (κ1) is 9.03. The SMILES string of the molecule is COc1ccc(Br)cc1C1CNC1. The van der Waals surface area contributed by atoms with E-state index >= 15 is 0 Å². The number of nitrogens with one attached hydrogen (secondary N) is 1. The number of ether oxygens (including phenoxy) is 1. The number of hydrogen-bond acceptors (Lipinski definition) is 2. The van der Waals surface area contributed by atoms with Gasteiger partial charge in [0.15, 0.2) is 0 Å². The van der Waals surface area contributed by atoms with Crippen LogP contribution in [0.3, 0.4) is 0 Å². The summed E-state index contributed by atoms with van der Waals surface area (Å²) >= 11 is 3.47. The highest BCUT2D eigenvalue weighted by atomic mass is 79.9. The van der Waals surface area contributed by atoms with Gasteiger partial charge < -0.3 is 10.1 Å². The van der Waals surface area contributed by atoms with Crippen LogP contribution in [-0.4, -0.2) is 20.2 Å². The Hall–Kier alpha value is -0.540. The Balaban J connectivity index is 2.33. The lowest BCUT2D eigenvalue weighted by Crippen LogP contribution is -2.40. The summed E-state index contributed by atoms with van der Waals surface area (Å²) in [6.45, 7) is 2.12. The van der Waals surface area contributed by atoms with E-state index in [1.54, 1.807) is 7.11 Å². The fourth-order valence-electron chi connectivity index (χ4n) is 1.53. The van der Waals surface area contributed by atoms with Crippen molar-refractivity contribution in [3.8, 4) is 5.75 Å². The van der Waals surface area contributed by atoms with Gasteiger partial charge in [-0.2, -0.15) is 0 Å². The van der Waals surface area contributed by atoms with Gasteiger partial charge in [0.05, 0.1) is 7.11 Å². The van der Waals surface area contributed by atoms with Gasteiger partial charge in [0.1, 0.15) is 5.75 Å². The number of methoxy groups -OCH3 is 1. The van der Waals surface area contributed by atoms with Crippen LogP contribution >= 0.6 is 15.9 Å². The lowest BCUT2D eigenvalue weighted by atomic mass is 9.93. The van der Waals surface area contributed by atoms with Gasteiger partial charge in [0, 0.05) is 29.0 Å². The summed E-state index contributed by atoms with van der Waals surface area (Å²) in [6, 6.07) is 6.16. The van der Waals surface area contributed by atoms with E-state index in [9.17, 15) is 0 Å². The van der Waals surface area contributed by atoms with Crippen LogP contribution in [-0.2, 0) is 0 Å². The highest BCUT2D eigenvalue weighted by molar-refractivity contribution is 9.10. The van der Waals surface area contributed by atoms with E-state index in [1.807, 2.05) is 12.1 Å². The lowest BCUT2D eigenvalue weighted by molar-refractivity contribution is 0.385. The first-order chi connectivity index (χ1) is 6.31. The summed E-state index contributed by atoms with van der Waals surface area (Å²) in [4.78, 5) is 0. The predicted octanol–water partition coefficient (Wildman–Crippen LogP) is 2.14. The molecule has 1 aliphatic heterocycles. The van der Waals surface area contributed by atoms with Crippen molar-refractivity contribution in [2.45, 2.75) is 5.92 Å². The summed E-state index contributed by atoms with van der Waals surface area (Å²) < 4.78 is 6.43. The van der Waals surface area contributed by atoms with Gasteiger partial charge in [-0.15, -0.1) is 0 Å². The van der Waals surface area contributed by atoms with Crippen molar-refractivity contribution in [1.29, 1.82) is 0 Å². The number of hydrogen-bond donors (Lipinski definition) is 1. The molecule has 1 N–H and O–H groups in total. The lowest BCUT2D eigenvalue weighted by Gasteiger charge is -2.28. The highest BCUT2D eigenvalue weighted by Gasteiger charge is 2.22. The summed E-state index contributed by atoms with van der Waals surface area (Å²) in [5, 5.41) is 3.26. The molecule has 1 heterocycles. The van der Waals surface area contributed by atoms with E-state index < -0.39 is 0 Å². The molecule has 1 saturated heterocycles. The van der Waals surface area contributed by atoms with Gasteiger partial charge in [-0.1, -0.05) is 15.9 Å². The molecule has 13 heavy (non-hydrogen) atoms. The van der Waals surface area contributed by atoms with Gasteiger partial charge in [0.25, 0.3) is 0 Å². The van der Waals surface area contributed by atoms with Crippen molar-refractivity contribution in [3.63, 3.8) is 0 Å². The van der Waals surface area contributed by atoms with Crippen molar-refractivity contribution in [2.24, 2.45) is 0 Å². The molecule has 1 aliphatic rings. The molecule has 0 saturated carbocycles. The standard InChI is InChI=1S/C10H12BrNO/c1-13-10-3-2-8(11)4-9(10)7-5-12-6-7/h2-4,7,12H,5-6H2,1H3. The monoisotopic (exact) mass is 241 g/mol. The molecule has 1 fully saturated rings. The van der Waals surface area contributed by atoms with Crippen molar-refractivity contribution in [1.82, 2.24) is 5.32 Å². The Labute approximate surface area is 86.4 Å². The van der Waals surface area contributed by atoms with Crippen molar-refractivity contribution < 1.29 is 4.74 Å². The Bertz CT molecular complexity index is 310. The Morgan fingerprint density at radius 2 is 2.23 bits per heavy atom. The van der Waals surface area contributed by atoms with Crippen molar-refractivity contribution >= 4 is 15.9 Å². The molecular formula is C10H12BrNO. The normalized spacial score (nSPS) is 16.8. The Morgan fingerprint density at radius 1 is 1.46 bits per heavy atom. The Morgan fingerprint density at radius 3 is 2.77 bits per heavy atom. The molecule has 0 radical (unpaired) electrons. The van der Waals surface area contributed by atoms with Crippen molar-refractivity contribution in [3.05, 3.63) is 28.2 Å². The minimum atomic E-state index is 0.618. The third kappa shape index (κ3) is 1.71. The molecule has 70 valence electrons. The van der Waals surface area contributed by atoms with E-state index in [1.165, 1.54) is 5.56 Å². The highest BCUT2D eigenvalue weighted by Crippen LogP contribution is 2.31. The number of rotatable bonds is 2. The minimum Gasteiger partial charge on any atom is -0.496 e. The zero-order chi connectivity index (χ0) is 9.26. The number of halogens is 1. The zero-order valence-electron chi connectivity index (χ0n) is 7.51. The van der Waals surface area contributed by atoms with E-state index in [0.29, 0.717) is 5.92 Å². The third-order valence-corrected chi connectivity index (χ3v) is 2.91.